The summed E-state index contributed by atoms with van der Waals surface area (Å²) in [4.78, 5) is 6.79. The molecule has 1 heterocycles. The second-order valence-electron chi connectivity index (χ2n) is 5.54. The standard InChI is InChI=1S/C14H20ClN3O2S/c1-10(9-17(2)3)18-11-6-5-7-12(21(4,19)20)14(11)16-13(18)8-15/h5-7,10H,8-9H2,1-4H3. The molecule has 2 aromatic rings. The molecule has 0 spiro atoms. The number of aromatic nitrogens is 2. The SMILES string of the molecule is CC(CN(C)C)n1c(CCl)nc2c(S(C)(=O)=O)cccc21. The van der Waals surface area contributed by atoms with E-state index in [0.717, 1.165) is 12.1 Å². The van der Waals surface area contributed by atoms with Gasteiger partial charge in [-0.25, -0.2) is 13.4 Å². The molecular formula is C14H20ClN3O2S. The monoisotopic (exact) mass is 329 g/mol. The highest BCUT2D eigenvalue weighted by molar-refractivity contribution is 7.91. The van der Waals surface area contributed by atoms with Gasteiger partial charge >= 0.3 is 0 Å². The van der Waals surface area contributed by atoms with Crippen LogP contribution in [-0.2, 0) is 15.7 Å². The van der Waals surface area contributed by atoms with Crippen LogP contribution in [0.3, 0.4) is 0 Å². The Labute approximate surface area is 130 Å². The van der Waals surface area contributed by atoms with Crippen molar-refractivity contribution in [3.63, 3.8) is 0 Å². The number of hydrogen-bond donors (Lipinski definition) is 0. The molecule has 116 valence electrons. The number of halogens is 1. The smallest absolute Gasteiger partial charge is 0.177 e. The molecule has 1 aromatic heterocycles. The van der Waals surface area contributed by atoms with Gasteiger partial charge in [-0.2, -0.15) is 0 Å². The summed E-state index contributed by atoms with van der Waals surface area (Å²) in [5.74, 6) is 0.937. The zero-order valence-electron chi connectivity index (χ0n) is 12.7. The maximum absolute atomic E-state index is 11.9. The number of rotatable bonds is 5. The van der Waals surface area contributed by atoms with Crippen LogP contribution in [0.5, 0.6) is 0 Å². The minimum atomic E-state index is -3.32. The third-order valence-electron chi connectivity index (χ3n) is 3.35. The lowest BCUT2D eigenvalue weighted by atomic mass is 10.2. The van der Waals surface area contributed by atoms with Gasteiger partial charge in [-0.1, -0.05) is 6.07 Å². The molecule has 0 bridgehead atoms. The van der Waals surface area contributed by atoms with Gasteiger partial charge in [0.2, 0.25) is 0 Å². The molecule has 0 fully saturated rings. The number of likely N-dealkylation sites (N-methyl/N-ethyl adjacent to an activating group) is 1. The van der Waals surface area contributed by atoms with E-state index < -0.39 is 9.84 Å². The summed E-state index contributed by atoms with van der Waals surface area (Å²) >= 11 is 6.00. The lowest BCUT2D eigenvalue weighted by Gasteiger charge is -2.20. The Morgan fingerprint density at radius 3 is 2.57 bits per heavy atom. The number of nitrogens with zero attached hydrogens (tertiary/aromatic N) is 3. The minimum Gasteiger partial charge on any atom is -0.323 e. The van der Waals surface area contributed by atoms with E-state index in [0.29, 0.717) is 11.3 Å². The fraction of sp³-hybridized carbons (Fsp3) is 0.500. The van der Waals surface area contributed by atoms with E-state index in [1.807, 2.05) is 24.7 Å². The number of benzene rings is 1. The van der Waals surface area contributed by atoms with Crippen molar-refractivity contribution >= 4 is 32.5 Å². The summed E-state index contributed by atoms with van der Waals surface area (Å²) in [7, 11) is 0.677. The molecule has 1 atom stereocenters. The maximum atomic E-state index is 11.9. The third-order valence-corrected chi connectivity index (χ3v) is 4.71. The van der Waals surface area contributed by atoms with Gasteiger partial charge in [0.1, 0.15) is 11.3 Å². The molecule has 5 nitrogen and oxygen atoms in total. The van der Waals surface area contributed by atoms with Crippen LogP contribution >= 0.6 is 11.6 Å². The van der Waals surface area contributed by atoms with Crippen molar-refractivity contribution < 1.29 is 8.42 Å². The Kier molecular flexibility index (Phi) is 4.60. The Hall–Kier alpha value is -1.11. The molecule has 0 radical (unpaired) electrons. The average Bonchev–Trinajstić information content (AvgIpc) is 2.74. The highest BCUT2D eigenvalue weighted by atomic mass is 35.5. The van der Waals surface area contributed by atoms with E-state index >= 15 is 0 Å². The van der Waals surface area contributed by atoms with Crippen molar-refractivity contribution in [2.24, 2.45) is 0 Å². The first-order valence-corrected chi connectivity index (χ1v) is 9.09. The Bertz CT molecular complexity index is 753. The first-order chi connectivity index (χ1) is 9.75. The van der Waals surface area contributed by atoms with Crippen LogP contribution < -0.4 is 0 Å². The van der Waals surface area contributed by atoms with Crippen LogP contribution in [0.15, 0.2) is 23.1 Å². The second-order valence-corrected chi connectivity index (χ2v) is 7.79. The second kappa shape index (κ2) is 5.94. The van der Waals surface area contributed by atoms with Crippen molar-refractivity contribution in [2.45, 2.75) is 23.7 Å². The first kappa shape index (κ1) is 16.3. The summed E-state index contributed by atoms with van der Waals surface area (Å²) in [5.41, 5.74) is 1.31. The minimum absolute atomic E-state index is 0.147. The van der Waals surface area contributed by atoms with Crippen molar-refractivity contribution in [2.75, 3.05) is 26.9 Å². The Balaban J connectivity index is 2.71. The van der Waals surface area contributed by atoms with Crippen LogP contribution in [0.2, 0.25) is 0 Å². The number of sulfone groups is 1. The molecule has 0 aliphatic heterocycles. The largest absolute Gasteiger partial charge is 0.323 e. The highest BCUT2D eigenvalue weighted by Crippen LogP contribution is 2.27. The first-order valence-electron chi connectivity index (χ1n) is 6.66. The van der Waals surface area contributed by atoms with E-state index in [1.54, 1.807) is 12.1 Å². The average molecular weight is 330 g/mol. The van der Waals surface area contributed by atoms with Crippen LogP contribution in [0.25, 0.3) is 11.0 Å². The zero-order chi connectivity index (χ0) is 15.8. The highest BCUT2D eigenvalue weighted by Gasteiger charge is 2.21. The molecular weight excluding hydrogens is 310 g/mol. The number of fused-ring (bicyclic) bond motifs is 1. The number of para-hydroxylation sites is 1. The van der Waals surface area contributed by atoms with E-state index in [-0.39, 0.29) is 16.8 Å². The predicted octanol–water partition coefficient (Wildman–Crippen LogP) is 2.30. The quantitative estimate of drug-likeness (QED) is 0.790. The molecule has 0 saturated carbocycles. The van der Waals surface area contributed by atoms with Crippen LogP contribution in [0, 0.1) is 0 Å². The van der Waals surface area contributed by atoms with E-state index in [4.69, 9.17) is 11.6 Å². The summed E-state index contributed by atoms with van der Waals surface area (Å²) in [6.07, 6.45) is 1.20. The summed E-state index contributed by atoms with van der Waals surface area (Å²) < 4.78 is 25.9. The number of imidazole rings is 1. The molecule has 0 saturated heterocycles. The van der Waals surface area contributed by atoms with Gasteiger partial charge in [0.05, 0.1) is 16.3 Å². The van der Waals surface area contributed by atoms with Crippen LogP contribution in [-0.4, -0.2) is 49.8 Å². The lowest BCUT2D eigenvalue weighted by molar-refractivity contribution is 0.337. The van der Waals surface area contributed by atoms with Gasteiger partial charge in [0.25, 0.3) is 0 Å². The van der Waals surface area contributed by atoms with Gasteiger partial charge in [0, 0.05) is 18.8 Å². The summed E-state index contributed by atoms with van der Waals surface area (Å²) in [5, 5.41) is 0. The Morgan fingerprint density at radius 1 is 1.38 bits per heavy atom. The number of alkyl halides is 1. The van der Waals surface area contributed by atoms with Gasteiger partial charge in [-0.15, -0.1) is 11.6 Å². The van der Waals surface area contributed by atoms with Gasteiger partial charge in [-0.3, -0.25) is 0 Å². The molecule has 1 aromatic carbocycles. The maximum Gasteiger partial charge on any atom is 0.177 e. The van der Waals surface area contributed by atoms with Crippen molar-refractivity contribution in [1.82, 2.24) is 14.5 Å². The topological polar surface area (TPSA) is 55.2 Å². The van der Waals surface area contributed by atoms with Crippen molar-refractivity contribution in [3.05, 3.63) is 24.0 Å². The molecule has 0 aliphatic carbocycles. The van der Waals surface area contributed by atoms with E-state index in [2.05, 4.69) is 16.8 Å². The normalized spacial score (nSPS) is 14.0. The fourth-order valence-corrected chi connectivity index (χ4v) is 3.65. The molecule has 7 heteroatoms. The van der Waals surface area contributed by atoms with Crippen molar-refractivity contribution in [3.8, 4) is 0 Å². The molecule has 21 heavy (non-hydrogen) atoms. The van der Waals surface area contributed by atoms with Crippen LogP contribution in [0.1, 0.15) is 18.8 Å². The predicted molar refractivity (Wildman–Crippen MR) is 85.7 cm³/mol. The van der Waals surface area contributed by atoms with E-state index in [1.165, 1.54) is 6.26 Å². The lowest BCUT2D eigenvalue weighted by Crippen LogP contribution is -2.23. The number of hydrogen-bond acceptors (Lipinski definition) is 4. The molecule has 1 unspecified atom stereocenters. The zero-order valence-corrected chi connectivity index (χ0v) is 14.2. The van der Waals surface area contributed by atoms with Gasteiger partial charge in [-0.05, 0) is 33.2 Å². The fourth-order valence-electron chi connectivity index (χ4n) is 2.63. The molecule has 0 N–H and O–H groups in total. The Morgan fingerprint density at radius 2 is 2.05 bits per heavy atom. The summed E-state index contributed by atoms with van der Waals surface area (Å²) in [6, 6.07) is 5.37. The van der Waals surface area contributed by atoms with Crippen molar-refractivity contribution in [1.29, 1.82) is 0 Å². The van der Waals surface area contributed by atoms with Crippen LogP contribution in [0.4, 0.5) is 0 Å². The molecule has 2 rings (SSSR count). The van der Waals surface area contributed by atoms with E-state index in [9.17, 15) is 8.42 Å². The molecule has 0 amide bonds. The van der Waals surface area contributed by atoms with Gasteiger partial charge < -0.3 is 9.47 Å². The summed E-state index contributed by atoms with van der Waals surface area (Å²) in [6.45, 7) is 2.89. The van der Waals surface area contributed by atoms with Gasteiger partial charge in [0.15, 0.2) is 9.84 Å². The molecule has 0 aliphatic rings. The third kappa shape index (κ3) is 3.22.